The van der Waals surface area contributed by atoms with Crippen molar-refractivity contribution in [3.63, 3.8) is 0 Å². The third-order valence-corrected chi connectivity index (χ3v) is 3.25. The van der Waals surface area contributed by atoms with Crippen molar-refractivity contribution in [2.24, 2.45) is 5.92 Å². The summed E-state index contributed by atoms with van der Waals surface area (Å²) in [7, 11) is 3.38. The Kier molecular flexibility index (Phi) is 8.18. The highest BCUT2D eigenvalue weighted by Gasteiger charge is 2.11. The van der Waals surface area contributed by atoms with Crippen molar-refractivity contribution in [1.29, 1.82) is 0 Å². The van der Waals surface area contributed by atoms with Gasteiger partial charge >= 0.3 is 0 Å². The molecule has 114 valence electrons. The molecule has 0 unspecified atom stereocenters. The van der Waals surface area contributed by atoms with Gasteiger partial charge in [-0.25, -0.2) is 4.98 Å². The summed E-state index contributed by atoms with van der Waals surface area (Å²) in [5.74, 6) is 1.11. The van der Waals surface area contributed by atoms with Crippen molar-refractivity contribution in [3.05, 3.63) is 23.9 Å². The number of ether oxygens (including phenoxy) is 3. The van der Waals surface area contributed by atoms with Crippen LogP contribution in [0.2, 0.25) is 0 Å². The van der Waals surface area contributed by atoms with E-state index in [1.807, 2.05) is 18.3 Å². The molecule has 1 aromatic rings. The molecular formula is C15H26N2O3. The summed E-state index contributed by atoms with van der Waals surface area (Å²) in [5, 5.41) is 3.47. The molecule has 0 radical (unpaired) electrons. The molecule has 1 heterocycles. The van der Waals surface area contributed by atoms with Crippen LogP contribution in [0.1, 0.15) is 19.4 Å². The molecule has 0 aromatic carbocycles. The fourth-order valence-electron chi connectivity index (χ4n) is 1.72. The third kappa shape index (κ3) is 6.32. The average molecular weight is 282 g/mol. The van der Waals surface area contributed by atoms with Gasteiger partial charge in [-0.05, 0) is 18.4 Å². The quantitative estimate of drug-likeness (QED) is 0.664. The Bertz CT molecular complexity index is 357. The number of nitrogens with one attached hydrogen (secondary N) is 1. The van der Waals surface area contributed by atoms with Gasteiger partial charge < -0.3 is 19.5 Å². The van der Waals surface area contributed by atoms with Crippen LogP contribution in [0.25, 0.3) is 0 Å². The smallest absolute Gasteiger partial charge is 0.213 e. The SMILES string of the molecule is COCCOc1ccc(CN[C@H](C)[C@H](C)COC)cn1. The van der Waals surface area contributed by atoms with Gasteiger partial charge in [-0.3, -0.25) is 0 Å². The van der Waals surface area contributed by atoms with Crippen molar-refractivity contribution < 1.29 is 14.2 Å². The fraction of sp³-hybridized carbons (Fsp3) is 0.667. The molecule has 0 aliphatic carbocycles. The zero-order valence-corrected chi connectivity index (χ0v) is 12.9. The Morgan fingerprint density at radius 1 is 1.15 bits per heavy atom. The summed E-state index contributed by atoms with van der Waals surface area (Å²) in [6.45, 7) is 6.98. The van der Waals surface area contributed by atoms with Crippen molar-refractivity contribution in [2.45, 2.75) is 26.4 Å². The predicted octanol–water partition coefficient (Wildman–Crippen LogP) is 1.87. The maximum Gasteiger partial charge on any atom is 0.213 e. The molecule has 2 atom stereocenters. The van der Waals surface area contributed by atoms with Gasteiger partial charge in [0.15, 0.2) is 0 Å². The normalized spacial score (nSPS) is 14.0. The highest BCUT2D eigenvalue weighted by molar-refractivity contribution is 5.17. The van der Waals surface area contributed by atoms with E-state index in [0.717, 1.165) is 18.7 Å². The van der Waals surface area contributed by atoms with Crippen LogP contribution in [-0.2, 0) is 16.0 Å². The van der Waals surface area contributed by atoms with E-state index < -0.39 is 0 Å². The van der Waals surface area contributed by atoms with Gasteiger partial charge in [0.05, 0.1) is 13.2 Å². The largest absolute Gasteiger partial charge is 0.475 e. The van der Waals surface area contributed by atoms with Crippen LogP contribution in [0.5, 0.6) is 5.88 Å². The van der Waals surface area contributed by atoms with E-state index in [0.29, 0.717) is 31.1 Å². The Hall–Kier alpha value is -1.17. The molecule has 0 aliphatic rings. The number of hydrogen-bond acceptors (Lipinski definition) is 5. The number of aromatic nitrogens is 1. The van der Waals surface area contributed by atoms with Crippen LogP contribution < -0.4 is 10.1 Å². The number of pyridine rings is 1. The summed E-state index contributed by atoms with van der Waals surface area (Å²) in [5.41, 5.74) is 1.14. The second-order valence-electron chi connectivity index (χ2n) is 4.95. The topological polar surface area (TPSA) is 52.6 Å². The Morgan fingerprint density at radius 3 is 2.55 bits per heavy atom. The van der Waals surface area contributed by atoms with Crippen molar-refractivity contribution >= 4 is 0 Å². The lowest BCUT2D eigenvalue weighted by atomic mass is 10.0. The fourth-order valence-corrected chi connectivity index (χ4v) is 1.72. The summed E-state index contributed by atoms with van der Waals surface area (Å²) in [6.07, 6.45) is 1.84. The molecule has 0 spiro atoms. The van der Waals surface area contributed by atoms with Gasteiger partial charge in [0.1, 0.15) is 6.61 Å². The average Bonchev–Trinajstić information content (AvgIpc) is 2.46. The minimum Gasteiger partial charge on any atom is -0.475 e. The lowest BCUT2D eigenvalue weighted by Crippen LogP contribution is -2.33. The molecule has 1 N–H and O–H groups in total. The zero-order chi connectivity index (χ0) is 14.8. The lowest BCUT2D eigenvalue weighted by molar-refractivity contribution is 0.142. The van der Waals surface area contributed by atoms with Crippen LogP contribution in [0.15, 0.2) is 18.3 Å². The van der Waals surface area contributed by atoms with Crippen LogP contribution in [0.4, 0.5) is 0 Å². The third-order valence-electron chi connectivity index (χ3n) is 3.25. The maximum absolute atomic E-state index is 5.42. The van der Waals surface area contributed by atoms with E-state index in [2.05, 4.69) is 24.1 Å². The lowest BCUT2D eigenvalue weighted by Gasteiger charge is -2.20. The van der Waals surface area contributed by atoms with Crippen LogP contribution in [-0.4, -0.2) is 45.1 Å². The number of hydrogen-bond donors (Lipinski definition) is 1. The first kappa shape index (κ1) is 16.9. The van der Waals surface area contributed by atoms with Crippen LogP contribution >= 0.6 is 0 Å². The molecule has 0 amide bonds. The van der Waals surface area contributed by atoms with Gasteiger partial charge in [-0.2, -0.15) is 0 Å². The van der Waals surface area contributed by atoms with E-state index >= 15 is 0 Å². The number of rotatable bonds is 10. The second-order valence-corrected chi connectivity index (χ2v) is 4.95. The van der Waals surface area contributed by atoms with E-state index in [1.165, 1.54) is 0 Å². The molecule has 0 bridgehead atoms. The first-order valence-corrected chi connectivity index (χ1v) is 6.96. The molecule has 1 rings (SSSR count). The predicted molar refractivity (Wildman–Crippen MR) is 78.9 cm³/mol. The first-order chi connectivity index (χ1) is 9.67. The number of nitrogens with zero attached hydrogens (tertiary/aromatic N) is 1. The van der Waals surface area contributed by atoms with E-state index in [9.17, 15) is 0 Å². The molecule has 1 aromatic heterocycles. The van der Waals surface area contributed by atoms with Crippen LogP contribution in [0.3, 0.4) is 0 Å². The van der Waals surface area contributed by atoms with Gasteiger partial charge in [0, 0.05) is 39.1 Å². The maximum atomic E-state index is 5.42. The van der Waals surface area contributed by atoms with Gasteiger partial charge in [-0.1, -0.05) is 13.0 Å². The minimum atomic E-state index is 0.396. The highest BCUT2D eigenvalue weighted by Crippen LogP contribution is 2.09. The Balaban J connectivity index is 2.34. The summed E-state index contributed by atoms with van der Waals surface area (Å²) >= 11 is 0. The van der Waals surface area contributed by atoms with Gasteiger partial charge in [-0.15, -0.1) is 0 Å². The van der Waals surface area contributed by atoms with Crippen LogP contribution in [0, 0.1) is 5.92 Å². The van der Waals surface area contributed by atoms with Crippen molar-refractivity contribution in [2.75, 3.05) is 34.0 Å². The Morgan fingerprint density at radius 2 is 1.95 bits per heavy atom. The molecule has 20 heavy (non-hydrogen) atoms. The second kappa shape index (κ2) is 9.69. The van der Waals surface area contributed by atoms with E-state index in [4.69, 9.17) is 14.2 Å². The standard InChI is InChI=1S/C15H26N2O3/c1-12(11-19-4)13(2)16-9-14-5-6-15(17-10-14)20-8-7-18-3/h5-6,10,12-13,16H,7-9,11H2,1-4H3/t12-,13-/m1/s1. The highest BCUT2D eigenvalue weighted by atomic mass is 16.5. The first-order valence-electron chi connectivity index (χ1n) is 6.96. The monoisotopic (exact) mass is 282 g/mol. The molecule has 0 aliphatic heterocycles. The summed E-state index contributed by atoms with van der Waals surface area (Å²) in [6, 6.07) is 4.30. The van der Waals surface area contributed by atoms with Gasteiger partial charge in [0.25, 0.3) is 0 Å². The minimum absolute atomic E-state index is 0.396. The van der Waals surface area contributed by atoms with E-state index in [-0.39, 0.29) is 0 Å². The summed E-state index contributed by atoms with van der Waals surface area (Å²) < 4.78 is 15.5. The van der Waals surface area contributed by atoms with E-state index in [1.54, 1.807) is 14.2 Å². The molecule has 0 saturated heterocycles. The molecule has 0 saturated carbocycles. The zero-order valence-electron chi connectivity index (χ0n) is 12.9. The van der Waals surface area contributed by atoms with Gasteiger partial charge in [0.2, 0.25) is 5.88 Å². The summed E-state index contributed by atoms with van der Waals surface area (Å²) in [4.78, 5) is 4.27. The molecular weight excluding hydrogens is 256 g/mol. The van der Waals surface area contributed by atoms with Crippen molar-refractivity contribution in [3.8, 4) is 5.88 Å². The number of methoxy groups -OCH3 is 2. The molecule has 5 heteroatoms. The Labute approximate surface area is 121 Å². The molecule has 0 fully saturated rings. The molecule has 5 nitrogen and oxygen atoms in total. The van der Waals surface area contributed by atoms with Crippen molar-refractivity contribution in [1.82, 2.24) is 10.3 Å².